The molecular weight excluding hydrogens is 336 g/mol. The largest absolute Gasteiger partial charge is 0.280 e. The van der Waals surface area contributed by atoms with Crippen LogP contribution >= 0.6 is 11.6 Å². The van der Waals surface area contributed by atoms with Crippen LogP contribution < -0.4 is 9.86 Å². The van der Waals surface area contributed by atoms with Gasteiger partial charge in [-0.15, -0.1) is 0 Å². The summed E-state index contributed by atoms with van der Waals surface area (Å²) in [6.07, 6.45) is 0. The van der Waals surface area contributed by atoms with E-state index in [1.165, 1.54) is 24.3 Å². The molecule has 0 spiro atoms. The molecular formula is C12H11ClN2O4S2. The first-order valence-electron chi connectivity index (χ1n) is 5.60. The van der Waals surface area contributed by atoms with Gasteiger partial charge in [-0.2, -0.15) is 0 Å². The zero-order valence-corrected chi connectivity index (χ0v) is 12.9. The van der Waals surface area contributed by atoms with Gasteiger partial charge in [-0.05, 0) is 30.3 Å². The summed E-state index contributed by atoms with van der Waals surface area (Å²) in [5.74, 6) is 0. The second kappa shape index (κ2) is 5.64. The first-order chi connectivity index (χ1) is 9.70. The predicted molar refractivity (Wildman–Crippen MR) is 80.1 cm³/mol. The lowest BCUT2D eigenvalue weighted by atomic mass is 10.3. The molecule has 0 heterocycles. The van der Waals surface area contributed by atoms with E-state index in [-0.39, 0.29) is 20.5 Å². The van der Waals surface area contributed by atoms with Crippen LogP contribution in [0.4, 0.5) is 5.69 Å². The highest BCUT2D eigenvalue weighted by atomic mass is 35.5. The average Bonchev–Trinajstić information content (AvgIpc) is 2.40. The average molecular weight is 347 g/mol. The van der Waals surface area contributed by atoms with Crippen molar-refractivity contribution in [1.29, 1.82) is 0 Å². The topological polar surface area (TPSA) is 106 Å². The Labute approximate surface area is 127 Å². The van der Waals surface area contributed by atoms with Crippen LogP contribution in [0.3, 0.4) is 0 Å². The fourth-order valence-electron chi connectivity index (χ4n) is 1.60. The van der Waals surface area contributed by atoms with Crippen molar-refractivity contribution in [3.63, 3.8) is 0 Å². The van der Waals surface area contributed by atoms with Gasteiger partial charge in [-0.1, -0.05) is 29.8 Å². The molecule has 0 unspecified atom stereocenters. The summed E-state index contributed by atoms with van der Waals surface area (Å²) in [7, 11) is -7.86. The van der Waals surface area contributed by atoms with Crippen LogP contribution in [0.5, 0.6) is 0 Å². The molecule has 6 nitrogen and oxygen atoms in total. The van der Waals surface area contributed by atoms with Gasteiger partial charge >= 0.3 is 0 Å². The van der Waals surface area contributed by atoms with Crippen LogP contribution in [0.15, 0.2) is 58.3 Å². The van der Waals surface area contributed by atoms with Crippen LogP contribution in [-0.2, 0) is 20.0 Å². The molecule has 0 radical (unpaired) electrons. The molecule has 9 heteroatoms. The number of primary sulfonamides is 1. The number of benzene rings is 2. The number of halogens is 1. The molecule has 112 valence electrons. The quantitative estimate of drug-likeness (QED) is 0.880. The second-order valence-corrected chi connectivity index (χ2v) is 7.73. The van der Waals surface area contributed by atoms with Gasteiger partial charge < -0.3 is 0 Å². The summed E-state index contributed by atoms with van der Waals surface area (Å²) in [4.78, 5) is -0.297. The van der Waals surface area contributed by atoms with E-state index in [0.29, 0.717) is 0 Å². The molecule has 0 atom stereocenters. The summed E-state index contributed by atoms with van der Waals surface area (Å²) in [5.41, 5.74) is 0.0484. The fourth-order valence-corrected chi connectivity index (χ4v) is 3.74. The lowest BCUT2D eigenvalue weighted by Crippen LogP contribution is -2.15. The molecule has 21 heavy (non-hydrogen) atoms. The van der Waals surface area contributed by atoms with E-state index in [1.807, 2.05) is 0 Å². The molecule has 0 aromatic heterocycles. The summed E-state index contributed by atoms with van der Waals surface area (Å²) < 4.78 is 49.2. The molecule has 2 aromatic carbocycles. The van der Waals surface area contributed by atoms with Crippen molar-refractivity contribution >= 4 is 37.3 Å². The Balaban J connectivity index is 2.42. The first kappa shape index (κ1) is 15.8. The van der Waals surface area contributed by atoms with E-state index in [9.17, 15) is 16.8 Å². The van der Waals surface area contributed by atoms with Gasteiger partial charge in [0.05, 0.1) is 15.6 Å². The zero-order valence-electron chi connectivity index (χ0n) is 10.5. The highest BCUT2D eigenvalue weighted by Gasteiger charge is 2.17. The number of nitrogens with one attached hydrogen (secondary N) is 1. The Bertz CT molecular complexity index is 865. The molecule has 0 saturated carbocycles. The standard InChI is InChI=1S/C12H11ClN2O4S2/c13-11-7-6-9(8-12(11)20(14,16)17)15-21(18,19)10-4-2-1-3-5-10/h1-8,15H,(H2,14,16,17). The van der Waals surface area contributed by atoms with Crippen LogP contribution in [0.2, 0.25) is 5.02 Å². The maximum absolute atomic E-state index is 12.1. The normalized spacial score (nSPS) is 12.1. The minimum atomic E-state index is -4.04. The molecule has 2 rings (SSSR count). The molecule has 0 saturated heterocycles. The third-order valence-corrected chi connectivity index (χ3v) is 5.33. The highest BCUT2D eigenvalue weighted by molar-refractivity contribution is 7.92. The lowest BCUT2D eigenvalue weighted by molar-refractivity contribution is 0.596. The van der Waals surface area contributed by atoms with Crippen molar-refractivity contribution in [2.24, 2.45) is 5.14 Å². The van der Waals surface area contributed by atoms with Crippen molar-refractivity contribution in [2.45, 2.75) is 9.79 Å². The molecule has 3 N–H and O–H groups in total. The number of sulfonamides is 2. The Morgan fingerprint density at radius 3 is 2.14 bits per heavy atom. The molecule has 0 bridgehead atoms. The van der Waals surface area contributed by atoms with Crippen molar-refractivity contribution in [3.05, 3.63) is 53.6 Å². The minimum absolute atomic E-state index is 0.0484. The molecule has 0 aliphatic heterocycles. The molecule has 2 aromatic rings. The zero-order chi connectivity index (χ0) is 15.7. The molecule has 0 amide bonds. The number of nitrogens with two attached hydrogens (primary N) is 1. The molecule has 0 aliphatic rings. The number of anilines is 1. The van der Waals surface area contributed by atoms with Crippen molar-refractivity contribution < 1.29 is 16.8 Å². The third kappa shape index (κ3) is 3.73. The maximum atomic E-state index is 12.1. The Morgan fingerprint density at radius 2 is 1.57 bits per heavy atom. The fraction of sp³-hybridized carbons (Fsp3) is 0. The Morgan fingerprint density at radius 1 is 0.952 bits per heavy atom. The van der Waals surface area contributed by atoms with Crippen molar-refractivity contribution in [1.82, 2.24) is 0 Å². The Kier molecular flexibility index (Phi) is 4.24. The number of hydrogen-bond donors (Lipinski definition) is 2. The third-order valence-electron chi connectivity index (χ3n) is 2.54. The Hall–Kier alpha value is -1.61. The van der Waals surface area contributed by atoms with Gasteiger partial charge in [-0.25, -0.2) is 22.0 Å². The first-order valence-corrected chi connectivity index (χ1v) is 9.01. The summed E-state index contributed by atoms with van der Waals surface area (Å²) >= 11 is 5.73. The molecule has 0 fully saturated rings. The SMILES string of the molecule is NS(=O)(=O)c1cc(NS(=O)(=O)c2ccccc2)ccc1Cl. The summed E-state index contributed by atoms with van der Waals surface area (Å²) in [6.45, 7) is 0. The summed E-state index contributed by atoms with van der Waals surface area (Å²) in [5, 5.41) is 4.93. The van der Waals surface area contributed by atoms with E-state index < -0.39 is 20.0 Å². The molecule has 0 aliphatic carbocycles. The van der Waals surface area contributed by atoms with E-state index >= 15 is 0 Å². The lowest BCUT2D eigenvalue weighted by Gasteiger charge is -2.10. The van der Waals surface area contributed by atoms with E-state index in [0.717, 1.165) is 6.07 Å². The minimum Gasteiger partial charge on any atom is -0.280 e. The van der Waals surface area contributed by atoms with Crippen molar-refractivity contribution in [2.75, 3.05) is 4.72 Å². The van der Waals surface area contributed by atoms with Gasteiger partial charge in [0.2, 0.25) is 10.0 Å². The predicted octanol–water partition coefficient (Wildman–Crippen LogP) is 1.79. The van der Waals surface area contributed by atoms with Crippen LogP contribution in [0, 0.1) is 0 Å². The van der Waals surface area contributed by atoms with E-state index in [1.54, 1.807) is 18.2 Å². The van der Waals surface area contributed by atoms with Gasteiger partial charge in [0.25, 0.3) is 10.0 Å². The second-order valence-electron chi connectivity index (χ2n) is 4.11. The van der Waals surface area contributed by atoms with E-state index in [4.69, 9.17) is 16.7 Å². The van der Waals surface area contributed by atoms with Gasteiger partial charge in [0, 0.05) is 0 Å². The number of hydrogen-bond acceptors (Lipinski definition) is 4. The summed E-state index contributed by atoms with van der Waals surface area (Å²) in [6, 6.07) is 11.3. The maximum Gasteiger partial charge on any atom is 0.261 e. The smallest absolute Gasteiger partial charge is 0.261 e. The van der Waals surface area contributed by atoms with Crippen LogP contribution in [-0.4, -0.2) is 16.8 Å². The van der Waals surface area contributed by atoms with E-state index in [2.05, 4.69) is 4.72 Å². The number of rotatable bonds is 4. The van der Waals surface area contributed by atoms with Gasteiger partial charge in [0.1, 0.15) is 4.90 Å². The van der Waals surface area contributed by atoms with Crippen LogP contribution in [0.1, 0.15) is 0 Å². The van der Waals surface area contributed by atoms with Gasteiger partial charge in [0.15, 0.2) is 0 Å². The monoisotopic (exact) mass is 346 g/mol. The van der Waals surface area contributed by atoms with Crippen LogP contribution in [0.25, 0.3) is 0 Å². The highest BCUT2D eigenvalue weighted by Crippen LogP contribution is 2.25. The van der Waals surface area contributed by atoms with Crippen molar-refractivity contribution in [3.8, 4) is 0 Å². The van der Waals surface area contributed by atoms with Gasteiger partial charge in [-0.3, -0.25) is 4.72 Å².